The fraction of sp³-hybridized carbons (Fsp3) is 0.438. The monoisotopic (exact) mass is 400 g/mol. The summed E-state index contributed by atoms with van der Waals surface area (Å²) < 4.78 is 0. The highest BCUT2D eigenvalue weighted by atomic mass is 127. The molecule has 4 nitrogen and oxygen atoms in total. The molecule has 0 bridgehead atoms. The summed E-state index contributed by atoms with van der Waals surface area (Å²) in [7, 11) is 8.09. The molecule has 2 aromatic rings. The fourth-order valence-corrected chi connectivity index (χ4v) is 2.53. The maximum absolute atomic E-state index is 4.68. The number of aryl methyl sites for hydroxylation is 1. The van der Waals surface area contributed by atoms with Crippen LogP contribution in [0.3, 0.4) is 0 Å². The van der Waals surface area contributed by atoms with Crippen LogP contribution in [-0.2, 0) is 6.42 Å². The molecule has 1 aromatic carbocycles. The molecule has 5 heteroatoms. The van der Waals surface area contributed by atoms with Crippen LogP contribution in [0.4, 0.5) is 0 Å². The van der Waals surface area contributed by atoms with Crippen molar-refractivity contribution in [3.8, 4) is 0 Å². The van der Waals surface area contributed by atoms with E-state index in [0.717, 1.165) is 18.9 Å². The summed E-state index contributed by atoms with van der Waals surface area (Å²) in [6.07, 6.45) is 3.06. The van der Waals surface area contributed by atoms with Gasteiger partial charge in [-0.25, -0.2) is 0 Å². The van der Waals surface area contributed by atoms with E-state index in [0.29, 0.717) is 0 Å². The van der Waals surface area contributed by atoms with Gasteiger partial charge in [0.25, 0.3) is 0 Å². The SMILES string of the molecule is Cc1cccc2c(CCN=C(N(C)C)N(C)C)c[nH]c12.I. The van der Waals surface area contributed by atoms with Crippen molar-refractivity contribution in [2.45, 2.75) is 13.3 Å². The van der Waals surface area contributed by atoms with Crippen LogP contribution in [0.5, 0.6) is 0 Å². The van der Waals surface area contributed by atoms with Crippen LogP contribution in [0, 0.1) is 6.92 Å². The molecule has 21 heavy (non-hydrogen) atoms. The summed E-state index contributed by atoms with van der Waals surface area (Å²) in [6, 6.07) is 6.43. The molecular weight excluding hydrogens is 375 g/mol. The minimum atomic E-state index is 0. The predicted molar refractivity (Wildman–Crippen MR) is 102 cm³/mol. The average molecular weight is 400 g/mol. The van der Waals surface area contributed by atoms with Crippen LogP contribution in [0.2, 0.25) is 0 Å². The molecular formula is C16H25IN4. The van der Waals surface area contributed by atoms with Gasteiger partial charge in [0, 0.05) is 51.8 Å². The fourth-order valence-electron chi connectivity index (χ4n) is 2.53. The third kappa shape index (κ3) is 4.12. The minimum absolute atomic E-state index is 0. The lowest BCUT2D eigenvalue weighted by Crippen LogP contribution is -2.35. The Morgan fingerprint density at radius 2 is 1.81 bits per heavy atom. The normalized spacial score (nSPS) is 10.1. The number of nitrogens with one attached hydrogen (secondary N) is 1. The zero-order valence-corrected chi connectivity index (χ0v) is 15.8. The molecule has 0 fully saturated rings. The van der Waals surface area contributed by atoms with Crippen LogP contribution in [0.25, 0.3) is 10.9 Å². The average Bonchev–Trinajstić information content (AvgIpc) is 2.78. The molecule has 0 radical (unpaired) electrons. The number of halogens is 1. The van der Waals surface area contributed by atoms with Gasteiger partial charge >= 0.3 is 0 Å². The smallest absolute Gasteiger partial charge is 0.195 e. The second-order valence-electron chi connectivity index (χ2n) is 5.53. The van der Waals surface area contributed by atoms with E-state index in [1.165, 1.54) is 22.0 Å². The molecule has 2 rings (SSSR count). The van der Waals surface area contributed by atoms with Gasteiger partial charge in [0.15, 0.2) is 5.96 Å². The molecule has 0 atom stereocenters. The van der Waals surface area contributed by atoms with Gasteiger partial charge in [-0.1, -0.05) is 18.2 Å². The molecule has 0 saturated carbocycles. The van der Waals surface area contributed by atoms with Gasteiger partial charge in [-0.05, 0) is 24.5 Å². The number of rotatable bonds is 3. The molecule has 1 heterocycles. The lowest BCUT2D eigenvalue weighted by molar-refractivity contribution is 0.479. The molecule has 0 amide bonds. The minimum Gasteiger partial charge on any atom is -0.361 e. The van der Waals surface area contributed by atoms with Crippen LogP contribution in [-0.4, -0.2) is 55.5 Å². The van der Waals surface area contributed by atoms with Crippen LogP contribution in [0.15, 0.2) is 29.4 Å². The van der Waals surface area contributed by atoms with E-state index in [1.807, 2.05) is 38.0 Å². The summed E-state index contributed by atoms with van der Waals surface area (Å²) in [6.45, 7) is 2.93. The number of aromatic amines is 1. The highest BCUT2D eigenvalue weighted by Gasteiger charge is 2.06. The van der Waals surface area contributed by atoms with E-state index in [9.17, 15) is 0 Å². The number of benzene rings is 1. The largest absolute Gasteiger partial charge is 0.361 e. The van der Waals surface area contributed by atoms with Crippen molar-refractivity contribution in [2.24, 2.45) is 4.99 Å². The third-order valence-corrected chi connectivity index (χ3v) is 3.44. The lowest BCUT2D eigenvalue weighted by atomic mass is 10.1. The van der Waals surface area contributed by atoms with E-state index in [4.69, 9.17) is 0 Å². The van der Waals surface area contributed by atoms with Gasteiger partial charge in [0.2, 0.25) is 0 Å². The summed E-state index contributed by atoms with van der Waals surface area (Å²) >= 11 is 0. The third-order valence-electron chi connectivity index (χ3n) is 3.44. The van der Waals surface area contributed by atoms with E-state index >= 15 is 0 Å². The van der Waals surface area contributed by atoms with Crippen molar-refractivity contribution >= 4 is 40.8 Å². The molecule has 116 valence electrons. The van der Waals surface area contributed by atoms with Crippen molar-refractivity contribution < 1.29 is 0 Å². The summed E-state index contributed by atoms with van der Waals surface area (Å²) in [5.74, 6) is 1.00. The van der Waals surface area contributed by atoms with Gasteiger partial charge in [0.05, 0.1) is 0 Å². The Morgan fingerprint density at radius 3 is 2.43 bits per heavy atom. The van der Waals surface area contributed by atoms with Crippen molar-refractivity contribution in [1.82, 2.24) is 14.8 Å². The van der Waals surface area contributed by atoms with Crippen LogP contribution in [0.1, 0.15) is 11.1 Å². The maximum atomic E-state index is 4.68. The van der Waals surface area contributed by atoms with Crippen molar-refractivity contribution in [3.63, 3.8) is 0 Å². The second-order valence-corrected chi connectivity index (χ2v) is 5.53. The number of hydrogen-bond donors (Lipinski definition) is 1. The van der Waals surface area contributed by atoms with Crippen LogP contribution < -0.4 is 0 Å². The number of fused-ring (bicyclic) bond motifs is 1. The molecule has 0 aliphatic heterocycles. The highest BCUT2D eigenvalue weighted by molar-refractivity contribution is 14.0. The van der Waals surface area contributed by atoms with E-state index < -0.39 is 0 Å². The van der Waals surface area contributed by atoms with Crippen LogP contribution >= 0.6 is 24.0 Å². The Morgan fingerprint density at radius 1 is 1.14 bits per heavy atom. The summed E-state index contributed by atoms with van der Waals surface area (Å²) in [4.78, 5) is 12.1. The van der Waals surface area contributed by atoms with E-state index in [1.54, 1.807) is 0 Å². The van der Waals surface area contributed by atoms with Gasteiger partial charge in [-0.3, -0.25) is 4.99 Å². The molecule has 1 aromatic heterocycles. The van der Waals surface area contributed by atoms with E-state index in [2.05, 4.69) is 41.3 Å². The Hall–Kier alpha value is -1.24. The Bertz CT molecular complexity index is 604. The van der Waals surface area contributed by atoms with Crippen molar-refractivity contribution in [3.05, 3.63) is 35.5 Å². The number of guanidine groups is 1. The predicted octanol–water partition coefficient (Wildman–Crippen LogP) is 3.12. The quantitative estimate of drug-likeness (QED) is 0.488. The summed E-state index contributed by atoms with van der Waals surface area (Å²) in [5.41, 5.74) is 3.87. The van der Waals surface area contributed by atoms with E-state index in [-0.39, 0.29) is 24.0 Å². The lowest BCUT2D eigenvalue weighted by Gasteiger charge is -2.22. The first-order valence-corrected chi connectivity index (χ1v) is 6.95. The topological polar surface area (TPSA) is 34.6 Å². The molecule has 0 unspecified atom stereocenters. The summed E-state index contributed by atoms with van der Waals surface area (Å²) in [5, 5.41) is 1.32. The number of nitrogens with zero attached hydrogens (tertiary/aromatic N) is 3. The first-order chi connectivity index (χ1) is 9.50. The number of hydrogen-bond acceptors (Lipinski definition) is 1. The molecule has 0 spiro atoms. The molecule has 0 saturated heterocycles. The second kappa shape index (κ2) is 7.68. The Balaban J connectivity index is 0.00000220. The molecule has 0 aliphatic carbocycles. The standard InChI is InChI=1S/C16H24N4.HI/c1-12-7-6-8-14-13(11-18-15(12)14)9-10-17-16(19(2)3)20(4)5;/h6-8,11,18H,9-10H2,1-5H3;1H. The van der Waals surface area contributed by atoms with Crippen molar-refractivity contribution in [2.75, 3.05) is 34.7 Å². The Kier molecular flexibility index (Phi) is 6.51. The zero-order valence-electron chi connectivity index (χ0n) is 13.5. The van der Waals surface area contributed by atoms with Gasteiger partial charge < -0.3 is 14.8 Å². The first kappa shape index (κ1) is 17.8. The zero-order chi connectivity index (χ0) is 14.7. The number of aliphatic imine (C=N–C) groups is 1. The molecule has 1 N–H and O–H groups in total. The number of aromatic nitrogens is 1. The number of H-pyrrole nitrogens is 1. The Labute approximate surface area is 144 Å². The van der Waals surface area contributed by atoms with Gasteiger partial charge in [-0.15, -0.1) is 24.0 Å². The molecule has 0 aliphatic rings. The highest BCUT2D eigenvalue weighted by Crippen LogP contribution is 2.21. The number of para-hydroxylation sites is 1. The first-order valence-electron chi connectivity index (χ1n) is 6.95. The van der Waals surface area contributed by atoms with Gasteiger partial charge in [-0.2, -0.15) is 0 Å². The van der Waals surface area contributed by atoms with Crippen molar-refractivity contribution in [1.29, 1.82) is 0 Å². The van der Waals surface area contributed by atoms with Gasteiger partial charge in [0.1, 0.15) is 0 Å². The maximum Gasteiger partial charge on any atom is 0.195 e.